The number of sulfonamides is 1. The molecule has 0 aliphatic heterocycles. The molecule has 104 valence electrons. The highest BCUT2D eigenvalue weighted by atomic mass is 32.2. The highest BCUT2D eigenvalue weighted by Gasteiger charge is 2.25. The van der Waals surface area contributed by atoms with Gasteiger partial charge in [-0.2, -0.15) is 9.57 Å². The maximum atomic E-state index is 12.4. The first-order chi connectivity index (χ1) is 8.84. The molecule has 1 aromatic rings. The molecule has 0 radical (unpaired) electrons. The summed E-state index contributed by atoms with van der Waals surface area (Å²) in [7, 11) is -2.13. The van der Waals surface area contributed by atoms with Crippen molar-refractivity contribution in [3.8, 4) is 6.07 Å². The molecule has 1 unspecified atom stereocenters. The Labute approximate surface area is 114 Å². The van der Waals surface area contributed by atoms with E-state index in [1.54, 1.807) is 19.1 Å². The van der Waals surface area contributed by atoms with Gasteiger partial charge in [0.2, 0.25) is 10.0 Å². The maximum absolute atomic E-state index is 12.4. The highest BCUT2D eigenvalue weighted by Crippen LogP contribution is 2.22. The molecule has 0 heterocycles. The molecule has 0 fully saturated rings. The van der Waals surface area contributed by atoms with Gasteiger partial charge in [-0.3, -0.25) is 0 Å². The molecule has 0 aliphatic rings. The Morgan fingerprint density at radius 1 is 1.47 bits per heavy atom. The van der Waals surface area contributed by atoms with E-state index in [9.17, 15) is 8.42 Å². The largest absolute Gasteiger partial charge is 0.398 e. The predicted molar refractivity (Wildman–Crippen MR) is 74.9 cm³/mol. The number of nitrogens with zero attached hydrogens (tertiary/aromatic N) is 2. The summed E-state index contributed by atoms with van der Waals surface area (Å²) in [5.74, 6) is 0. The molecule has 1 atom stereocenters. The van der Waals surface area contributed by atoms with E-state index >= 15 is 0 Å². The van der Waals surface area contributed by atoms with E-state index in [-0.39, 0.29) is 17.4 Å². The van der Waals surface area contributed by atoms with Crippen LogP contribution in [0.3, 0.4) is 0 Å². The van der Waals surface area contributed by atoms with Crippen LogP contribution >= 0.6 is 0 Å². The number of hydrogen-bond donors (Lipinski definition) is 1. The van der Waals surface area contributed by atoms with E-state index in [1.165, 1.54) is 17.4 Å². The number of aryl methyl sites for hydroxylation is 1. The van der Waals surface area contributed by atoms with Gasteiger partial charge in [-0.25, -0.2) is 8.42 Å². The van der Waals surface area contributed by atoms with Crippen molar-refractivity contribution in [2.24, 2.45) is 0 Å². The van der Waals surface area contributed by atoms with Crippen LogP contribution in [-0.4, -0.2) is 25.8 Å². The van der Waals surface area contributed by atoms with Crippen molar-refractivity contribution >= 4 is 15.7 Å². The predicted octanol–water partition coefficient (Wildman–Crippen LogP) is 1.75. The van der Waals surface area contributed by atoms with Crippen molar-refractivity contribution in [2.75, 3.05) is 12.8 Å². The third kappa shape index (κ3) is 3.25. The van der Waals surface area contributed by atoms with Crippen molar-refractivity contribution in [3.05, 3.63) is 23.8 Å². The van der Waals surface area contributed by atoms with E-state index in [4.69, 9.17) is 11.0 Å². The molecule has 2 N–H and O–H groups in total. The first kappa shape index (κ1) is 15.5. The van der Waals surface area contributed by atoms with Gasteiger partial charge in [0.05, 0.1) is 17.4 Å². The van der Waals surface area contributed by atoms with Gasteiger partial charge in [-0.15, -0.1) is 0 Å². The first-order valence-electron chi connectivity index (χ1n) is 6.08. The summed E-state index contributed by atoms with van der Waals surface area (Å²) in [6.45, 7) is 3.66. The molecule has 6 heteroatoms. The molecule has 19 heavy (non-hydrogen) atoms. The van der Waals surface area contributed by atoms with Crippen molar-refractivity contribution in [2.45, 2.75) is 37.6 Å². The van der Waals surface area contributed by atoms with Crippen LogP contribution in [0.2, 0.25) is 0 Å². The Hall–Kier alpha value is -1.58. The summed E-state index contributed by atoms with van der Waals surface area (Å²) in [6, 6.07) is 6.36. The number of hydrogen-bond acceptors (Lipinski definition) is 4. The van der Waals surface area contributed by atoms with E-state index in [2.05, 4.69) is 0 Å². The van der Waals surface area contributed by atoms with E-state index < -0.39 is 10.0 Å². The first-order valence-corrected chi connectivity index (χ1v) is 7.52. The van der Waals surface area contributed by atoms with E-state index in [0.29, 0.717) is 5.69 Å². The second-order valence-electron chi connectivity index (χ2n) is 4.45. The van der Waals surface area contributed by atoms with E-state index in [0.717, 1.165) is 12.0 Å². The van der Waals surface area contributed by atoms with Crippen LogP contribution in [0.1, 0.15) is 25.8 Å². The van der Waals surface area contributed by atoms with Crippen molar-refractivity contribution < 1.29 is 8.42 Å². The standard InChI is InChI=1S/C13H19N3O2S/c1-4-11-5-6-12(9-13(11)15)19(17,18)16(3)10(2)7-8-14/h5-6,9-10H,4,7,15H2,1-3H3. The van der Waals surface area contributed by atoms with Crippen LogP contribution in [0.5, 0.6) is 0 Å². The normalized spacial score (nSPS) is 13.2. The molecule has 0 aromatic heterocycles. The van der Waals surface area contributed by atoms with Gasteiger partial charge >= 0.3 is 0 Å². The van der Waals surface area contributed by atoms with Gasteiger partial charge in [0.15, 0.2) is 0 Å². The van der Waals surface area contributed by atoms with Crippen LogP contribution in [-0.2, 0) is 16.4 Å². The quantitative estimate of drug-likeness (QED) is 0.833. The summed E-state index contributed by atoms with van der Waals surface area (Å²) < 4.78 is 25.9. The lowest BCUT2D eigenvalue weighted by Crippen LogP contribution is -2.34. The number of nitrogens with two attached hydrogens (primary N) is 1. The van der Waals surface area contributed by atoms with Crippen molar-refractivity contribution in [3.63, 3.8) is 0 Å². The molecule has 0 saturated carbocycles. The lowest BCUT2D eigenvalue weighted by Gasteiger charge is -2.22. The highest BCUT2D eigenvalue weighted by molar-refractivity contribution is 7.89. The lowest BCUT2D eigenvalue weighted by atomic mass is 10.1. The average Bonchev–Trinajstić information content (AvgIpc) is 2.37. The zero-order valence-corrected chi connectivity index (χ0v) is 12.2. The molecule has 1 aromatic carbocycles. The van der Waals surface area contributed by atoms with Crippen molar-refractivity contribution in [1.82, 2.24) is 4.31 Å². The molecule has 1 rings (SSSR count). The van der Waals surface area contributed by atoms with Gasteiger partial charge in [0.1, 0.15) is 0 Å². The summed E-state index contributed by atoms with van der Waals surface area (Å²) in [6.07, 6.45) is 0.908. The average molecular weight is 281 g/mol. The minimum atomic E-state index is -3.61. The molecule has 0 amide bonds. The number of rotatable bonds is 5. The summed E-state index contributed by atoms with van der Waals surface area (Å²) >= 11 is 0. The lowest BCUT2D eigenvalue weighted by molar-refractivity contribution is 0.393. The third-order valence-electron chi connectivity index (χ3n) is 3.18. The van der Waals surface area contributed by atoms with Gasteiger partial charge < -0.3 is 5.73 Å². The molecular formula is C13H19N3O2S. The molecule has 0 bridgehead atoms. The summed E-state index contributed by atoms with van der Waals surface area (Å²) in [4.78, 5) is 0.162. The number of nitrogen functional groups attached to an aromatic ring is 1. The zero-order valence-electron chi connectivity index (χ0n) is 11.4. The molecular weight excluding hydrogens is 262 g/mol. The van der Waals surface area contributed by atoms with Gasteiger partial charge in [0, 0.05) is 18.8 Å². The van der Waals surface area contributed by atoms with Crippen LogP contribution in [0.25, 0.3) is 0 Å². The Bertz CT molecular complexity index is 590. The van der Waals surface area contributed by atoms with Crippen LogP contribution in [0.4, 0.5) is 5.69 Å². The molecule has 0 saturated heterocycles. The Morgan fingerprint density at radius 2 is 2.11 bits per heavy atom. The van der Waals surface area contributed by atoms with Crippen LogP contribution < -0.4 is 5.73 Å². The third-order valence-corrected chi connectivity index (χ3v) is 5.15. The Balaban J connectivity index is 3.14. The summed E-state index contributed by atoms with van der Waals surface area (Å²) in [5.41, 5.74) is 7.23. The van der Waals surface area contributed by atoms with Crippen molar-refractivity contribution in [1.29, 1.82) is 5.26 Å². The van der Waals surface area contributed by atoms with Crippen LogP contribution in [0.15, 0.2) is 23.1 Å². The minimum absolute atomic E-state index is 0.151. The minimum Gasteiger partial charge on any atom is -0.398 e. The van der Waals surface area contributed by atoms with Gasteiger partial charge in [0.25, 0.3) is 0 Å². The molecule has 0 spiro atoms. The van der Waals surface area contributed by atoms with Gasteiger partial charge in [-0.05, 0) is 31.0 Å². The fourth-order valence-corrected chi connectivity index (χ4v) is 3.12. The van der Waals surface area contributed by atoms with Crippen LogP contribution in [0, 0.1) is 11.3 Å². The second-order valence-corrected chi connectivity index (χ2v) is 6.44. The number of anilines is 1. The number of nitriles is 1. The topological polar surface area (TPSA) is 87.2 Å². The molecule has 0 aliphatic carbocycles. The van der Waals surface area contributed by atoms with Gasteiger partial charge in [-0.1, -0.05) is 13.0 Å². The fourth-order valence-electron chi connectivity index (χ4n) is 1.72. The monoisotopic (exact) mass is 281 g/mol. The SMILES string of the molecule is CCc1ccc(S(=O)(=O)N(C)C(C)CC#N)cc1N. The maximum Gasteiger partial charge on any atom is 0.243 e. The Kier molecular flexibility index (Phi) is 4.92. The fraction of sp³-hybridized carbons (Fsp3) is 0.462. The second kappa shape index (κ2) is 6.04. The van der Waals surface area contributed by atoms with E-state index in [1.807, 2.05) is 13.0 Å². The smallest absolute Gasteiger partial charge is 0.243 e. The summed E-state index contributed by atoms with van der Waals surface area (Å²) in [5, 5.41) is 8.64. The zero-order chi connectivity index (χ0) is 14.6. The Morgan fingerprint density at radius 3 is 2.58 bits per heavy atom. The number of benzene rings is 1. The molecule has 5 nitrogen and oxygen atoms in total.